The number of halogens is 1. The molecule has 0 bridgehead atoms. The number of amides is 1. The van der Waals surface area contributed by atoms with E-state index in [0.717, 1.165) is 15.7 Å². The lowest BCUT2D eigenvalue weighted by atomic mass is 10.1. The SMILES string of the molecule is O=C(Nc1ccc(Cc2ccncc2)cc1)c1ccccc1I. The van der Waals surface area contributed by atoms with Crippen LogP contribution in [-0.2, 0) is 6.42 Å². The number of pyridine rings is 1. The molecule has 0 saturated carbocycles. The highest BCUT2D eigenvalue weighted by Crippen LogP contribution is 2.16. The van der Waals surface area contributed by atoms with E-state index in [9.17, 15) is 4.79 Å². The van der Waals surface area contributed by atoms with Crippen molar-refractivity contribution < 1.29 is 4.79 Å². The second-order valence-electron chi connectivity index (χ2n) is 5.16. The Morgan fingerprint density at radius 2 is 1.57 bits per heavy atom. The summed E-state index contributed by atoms with van der Waals surface area (Å²) in [7, 11) is 0. The topological polar surface area (TPSA) is 42.0 Å². The fraction of sp³-hybridized carbons (Fsp3) is 0.0526. The van der Waals surface area contributed by atoms with E-state index in [1.165, 1.54) is 11.1 Å². The van der Waals surface area contributed by atoms with Crippen molar-refractivity contribution in [2.45, 2.75) is 6.42 Å². The van der Waals surface area contributed by atoms with Gasteiger partial charge >= 0.3 is 0 Å². The molecule has 1 N–H and O–H groups in total. The summed E-state index contributed by atoms with van der Waals surface area (Å²) in [6.07, 6.45) is 4.45. The van der Waals surface area contributed by atoms with Gasteiger partial charge in [-0.25, -0.2) is 0 Å². The zero-order valence-corrected chi connectivity index (χ0v) is 14.5. The van der Waals surface area contributed by atoms with Gasteiger partial charge in [-0.3, -0.25) is 9.78 Å². The van der Waals surface area contributed by atoms with Crippen LogP contribution in [0, 0.1) is 3.57 Å². The molecule has 0 atom stereocenters. The molecule has 1 heterocycles. The number of carbonyl (C=O) groups excluding carboxylic acids is 1. The molecule has 0 spiro atoms. The minimum Gasteiger partial charge on any atom is -0.322 e. The fourth-order valence-corrected chi connectivity index (χ4v) is 2.92. The van der Waals surface area contributed by atoms with Gasteiger partial charge in [0.15, 0.2) is 0 Å². The van der Waals surface area contributed by atoms with Crippen molar-refractivity contribution in [1.82, 2.24) is 4.98 Å². The molecule has 3 nitrogen and oxygen atoms in total. The highest BCUT2D eigenvalue weighted by molar-refractivity contribution is 14.1. The largest absolute Gasteiger partial charge is 0.322 e. The van der Waals surface area contributed by atoms with Gasteiger partial charge in [0.2, 0.25) is 0 Å². The zero-order valence-electron chi connectivity index (χ0n) is 12.4. The average Bonchev–Trinajstić information content (AvgIpc) is 2.58. The van der Waals surface area contributed by atoms with Crippen molar-refractivity contribution in [3.63, 3.8) is 0 Å². The Morgan fingerprint density at radius 1 is 0.913 bits per heavy atom. The standard InChI is InChI=1S/C19H15IN2O/c20-18-4-2-1-3-17(18)19(23)22-16-7-5-14(6-8-16)13-15-9-11-21-12-10-15/h1-12H,13H2,(H,22,23). The Bertz CT molecular complexity index is 801. The first-order chi connectivity index (χ1) is 11.2. The van der Waals surface area contributed by atoms with E-state index in [1.54, 1.807) is 12.4 Å². The van der Waals surface area contributed by atoms with Crippen LogP contribution < -0.4 is 5.32 Å². The summed E-state index contributed by atoms with van der Waals surface area (Å²) in [6, 6.07) is 19.5. The number of rotatable bonds is 4. The Morgan fingerprint density at radius 3 is 2.26 bits per heavy atom. The van der Waals surface area contributed by atoms with Crippen LogP contribution in [0.5, 0.6) is 0 Å². The number of nitrogens with one attached hydrogen (secondary N) is 1. The monoisotopic (exact) mass is 414 g/mol. The van der Waals surface area contributed by atoms with Crippen LogP contribution in [0.2, 0.25) is 0 Å². The third-order valence-corrected chi connectivity index (χ3v) is 4.43. The number of hydrogen-bond acceptors (Lipinski definition) is 2. The minimum absolute atomic E-state index is 0.0862. The van der Waals surface area contributed by atoms with E-state index in [-0.39, 0.29) is 5.91 Å². The van der Waals surface area contributed by atoms with Crippen molar-refractivity contribution in [2.24, 2.45) is 0 Å². The van der Waals surface area contributed by atoms with Crippen LogP contribution in [0.3, 0.4) is 0 Å². The normalized spacial score (nSPS) is 10.3. The summed E-state index contributed by atoms with van der Waals surface area (Å²) >= 11 is 2.17. The van der Waals surface area contributed by atoms with Crippen LogP contribution in [0.15, 0.2) is 73.1 Å². The number of carbonyl (C=O) groups is 1. The molecule has 1 aromatic heterocycles. The first kappa shape index (κ1) is 15.7. The van der Waals surface area contributed by atoms with Crippen molar-refractivity contribution in [2.75, 3.05) is 5.32 Å². The van der Waals surface area contributed by atoms with Crippen molar-refractivity contribution in [3.05, 3.63) is 93.3 Å². The van der Waals surface area contributed by atoms with Gasteiger partial charge in [0.25, 0.3) is 5.91 Å². The molecule has 0 aliphatic carbocycles. The van der Waals surface area contributed by atoms with Crippen LogP contribution in [0.4, 0.5) is 5.69 Å². The molecule has 0 aliphatic rings. The lowest BCUT2D eigenvalue weighted by molar-refractivity contribution is 0.102. The third-order valence-electron chi connectivity index (χ3n) is 3.49. The third kappa shape index (κ3) is 4.16. The molecular formula is C19H15IN2O. The molecule has 1 amide bonds. The van der Waals surface area contributed by atoms with Gasteiger partial charge in [-0.05, 0) is 76.5 Å². The summed E-state index contributed by atoms with van der Waals surface area (Å²) in [5.41, 5.74) is 3.90. The van der Waals surface area contributed by atoms with Gasteiger partial charge in [-0.1, -0.05) is 24.3 Å². The highest BCUT2D eigenvalue weighted by Gasteiger charge is 2.09. The molecule has 3 rings (SSSR count). The van der Waals surface area contributed by atoms with Gasteiger partial charge in [-0.2, -0.15) is 0 Å². The molecule has 0 saturated heterocycles. The Kier molecular flexibility index (Phi) is 5.02. The molecule has 23 heavy (non-hydrogen) atoms. The van der Waals surface area contributed by atoms with Crippen LogP contribution in [0.25, 0.3) is 0 Å². The minimum atomic E-state index is -0.0862. The highest BCUT2D eigenvalue weighted by atomic mass is 127. The van der Waals surface area contributed by atoms with E-state index >= 15 is 0 Å². The molecule has 0 radical (unpaired) electrons. The first-order valence-electron chi connectivity index (χ1n) is 7.26. The molecule has 0 unspecified atom stereocenters. The number of aromatic nitrogens is 1. The van der Waals surface area contributed by atoms with E-state index in [2.05, 4.69) is 32.9 Å². The van der Waals surface area contributed by atoms with Gasteiger partial charge in [0, 0.05) is 21.7 Å². The lowest BCUT2D eigenvalue weighted by Gasteiger charge is -2.08. The van der Waals surface area contributed by atoms with Crippen molar-refractivity contribution in [1.29, 1.82) is 0 Å². The fourth-order valence-electron chi connectivity index (χ4n) is 2.29. The first-order valence-corrected chi connectivity index (χ1v) is 8.34. The van der Waals surface area contributed by atoms with Gasteiger partial charge in [0.1, 0.15) is 0 Å². The van der Waals surface area contributed by atoms with Crippen molar-refractivity contribution >= 4 is 34.2 Å². The molecule has 0 aliphatic heterocycles. The van der Waals surface area contributed by atoms with Gasteiger partial charge in [0.05, 0.1) is 5.56 Å². The zero-order chi connectivity index (χ0) is 16.1. The Balaban J connectivity index is 1.68. The van der Waals surface area contributed by atoms with E-state index in [4.69, 9.17) is 0 Å². The quantitative estimate of drug-likeness (QED) is 0.638. The van der Waals surface area contributed by atoms with Gasteiger partial charge < -0.3 is 5.32 Å². The summed E-state index contributed by atoms with van der Waals surface area (Å²) in [5, 5.41) is 2.94. The van der Waals surface area contributed by atoms with Crippen LogP contribution in [-0.4, -0.2) is 10.9 Å². The maximum Gasteiger partial charge on any atom is 0.256 e. The smallest absolute Gasteiger partial charge is 0.256 e. The maximum absolute atomic E-state index is 12.3. The molecule has 114 valence electrons. The maximum atomic E-state index is 12.3. The van der Waals surface area contributed by atoms with E-state index in [1.807, 2.05) is 60.7 Å². The second-order valence-corrected chi connectivity index (χ2v) is 6.33. The molecule has 2 aromatic carbocycles. The average molecular weight is 414 g/mol. The molecule has 3 aromatic rings. The van der Waals surface area contributed by atoms with E-state index in [0.29, 0.717) is 5.56 Å². The van der Waals surface area contributed by atoms with Crippen LogP contribution in [0.1, 0.15) is 21.5 Å². The Labute approximate surface area is 148 Å². The summed E-state index contributed by atoms with van der Waals surface area (Å²) in [6.45, 7) is 0. The number of nitrogens with zero attached hydrogens (tertiary/aromatic N) is 1. The molecule has 0 fully saturated rings. The van der Waals surface area contributed by atoms with E-state index < -0.39 is 0 Å². The predicted octanol–water partition coefficient (Wildman–Crippen LogP) is 4.53. The number of anilines is 1. The van der Waals surface area contributed by atoms with Crippen LogP contribution >= 0.6 is 22.6 Å². The summed E-state index contributed by atoms with van der Waals surface area (Å²) in [4.78, 5) is 16.3. The summed E-state index contributed by atoms with van der Waals surface area (Å²) < 4.78 is 0.942. The van der Waals surface area contributed by atoms with Gasteiger partial charge in [-0.15, -0.1) is 0 Å². The lowest BCUT2D eigenvalue weighted by Crippen LogP contribution is -2.13. The predicted molar refractivity (Wildman–Crippen MR) is 101 cm³/mol. The summed E-state index contributed by atoms with van der Waals surface area (Å²) in [5.74, 6) is -0.0862. The van der Waals surface area contributed by atoms with Crippen molar-refractivity contribution in [3.8, 4) is 0 Å². The molecular weight excluding hydrogens is 399 g/mol. The molecule has 4 heteroatoms. The number of benzene rings is 2. The second kappa shape index (κ2) is 7.37. The number of hydrogen-bond donors (Lipinski definition) is 1. The Hall–Kier alpha value is -2.21.